The maximum atomic E-state index is 5.86. The largest absolute Gasteiger partial charge is 0.493 e. The Morgan fingerprint density at radius 1 is 1.06 bits per heavy atom. The van der Waals surface area contributed by atoms with Crippen molar-refractivity contribution < 1.29 is 4.74 Å². The molecule has 0 unspecified atom stereocenters. The van der Waals surface area contributed by atoms with Gasteiger partial charge in [-0.05, 0) is 43.7 Å². The molecule has 0 aliphatic heterocycles. The number of hydrogen-bond donors (Lipinski definition) is 1. The molecule has 0 saturated heterocycles. The third-order valence-electron chi connectivity index (χ3n) is 3.12. The Morgan fingerprint density at radius 2 is 1.69 bits per heavy atom. The van der Waals surface area contributed by atoms with Gasteiger partial charge in [-0.3, -0.25) is 0 Å². The summed E-state index contributed by atoms with van der Waals surface area (Å²) in [6.45, 7) is 0.844. The lowest BCUT2D eigenvalue weighted by atomic mass is 9.87. The monoisotopic (exact) mass is 241 g/mol. The molecule has 3 heteroatoms. The van der Waals surface area contributed by atoms with Gasteiger partial charge in [-0.1, -0.05) is 18.2 Å². The van der Waals surface area contributed by atoms with Crippen LogP contribution in [0, 0.1) is 5.92 Å². The Bertz CT molecular complexity index is 283. The molecule has 90 valence electrons. The number of para-hydroxylation sites is 1. The van der Waals surface area contributed by atoms with Crippen molar-refractivity contribution in [2.24, 2.45) is 11.7 Å². The molecule has 0 aromatic heterocycles. The molecular weight excluding hydrogens is 222 g/mol. The van der Waals surface area contributed by atoms with E-state index in [1.54, 1.807) is 0 Å². The molecule has 0 amide bonds. The second-order valence-electron chi connectivity index (χ2n) is 4.40. The Hall–Kier alpha value is -0.730. The maximum absolute atomic E-state index is 5.86. The normalized spacial score (nSPS) is 24.6. The van der Waals surface area contributed by atoms with Crippen LogP contribution >= 0.6 is 12.4 Å². The van der Waals surface area contributed by atoms with Crippen molar-refractivity contribution in [2.75, 3.05) is 6.61 Å². The quantitative estimate of drug-likeness (QED) is 0.883. The van der Waals surface area contributed by atoms with Gasteiger partial charge in [-0.15, -0.1) is 12.4 Å². The molecule has 0 atom stereocenters. The number of halogens is 1. The molecule has 16 heavy (non-hydrogen) atoms. The van der Waals surface area contributed by atoms with Crippen LogP contribution in [0.15, 0.2) is 30.3 Å². The fourth-order valence-electron chi connectivity index (χ4n) is 2.09. The molecule has 1 aromatic rings. The fourth-order valence-corrected chi connectivity index (χ4v) is 2.09. The van der Waals surface area contributed by atoms with E-state index in [4.69, 9.17) is 10.5 Å². The molecule has 2 rings (SSSR count). The lowest BCUT2D eigenvalue weighted by Gasteiger charge is -2.25. The summed E-state index contributed by atoms with van der Waals surface area (Å²) in [5, 5.41) is 0. The summed E-state index contributed by atoms with van der Waals surface area (Å²) >= 11 is 0. The molecule has 0 radical (unpaired) electrons. The van der Waals surface area contributed by atoms with E-state index in [1.807, 2.05) is 30.3 Å². The van der Waals surface area contributed by atoms with E-state index < -0.39 is 0 Å². The minimum atomic E-state index is 0. The zero-order chi connectivity index (χ0) is 10.5. The highest BCUT2D eigenvalue weighted by Crippen LogP contribution is 2.24. The number of rotatable bonds is 3. The molecule has 2 N–H and O–H groups in total. The van der Waals surface area contributed by atoms with Crippen LogP contribution in [0.3, 0.4) is 0 Å². The predicted octanol–water partition coefficient (Wildman–Crippen LogP) is 3.00. The topological polar surface area (TPSA) is 35.2 Å². The maximum Gasteiger partial charge on any atom is 0.119 e. The van der Waals surface area contributed by atoms with Gasteiger partial charge < -0.3 is 10.5 Å². The van der Waals surface area contributed by atoms with E-state index in [0.717, 1.165) is 25.2 Å². The van der Waals surface area contributed by atoms with E-state index in [-0.39, 0.29) is 12.4 Å². The standard InChI is InChI=1S/C13H19NO.ClH/c14-12-8-6-11(7-9-12)10-15-13-4-2-1-3-5-13;/h1-5,11-12H,6-10,14H2;1H/t11-,12+;. The van der Waals surface area contributed by atoms with Crippen molar-refractivity contribution >= 4 is 12.4 Å². The van der Waals surface area contributed by atoms with Crippen LogP contribution in [0.5, 0.6) is 5.75 Å². The van der Waals surface area contributed by atoms with Crippen LogP contribution in [0.1, 0.15) is 25.7 Å². The van der Waals surface area contributed by atoms with E-state index in [0.29, 0.717) is 12.0 Å². The van der Waals surface area contributed by atoms with Gasteiger partial charge in [0, 0.05) is 6.04 Å². The smallest absolute Gasteiger partial charge is 0.119 e. The van der Waals surface area contributed by atoms with Crippen LogP contribution in [0.4, 0.5) is 0 Å². The van der Waals surface area contributed by atoms with Crippen molar-refractivity contribution in [3.63, 3.8) is 0 Å². The van der Waals surface area contributed by atoms with Crippen LogP contribution in [0.2, 0.25) is 0 Å². The van der Waals surface area contributed by atoms with Crippen molar-refractivity contribution in [1.82, 2.24) is 0 Å². The van der Waals surface area contributed by atoms with Crippen LogP contribution in [-0.2, 0) is 0 Å². The van der Waals surface area contributed by atoms with Gasteiger partial charge in [0.2, 0.25) is 0 Å². The van der Waals surface area contributed by atoms with Gasteiger partial charge in [0.15, 0.2) is 0 Å². The second kappa shape index (κ2) is 6.77. The average molecular weight is 242 g/mol. The number of nitrogens with two attached hydrogens (primary N) is 1. The summed E-state index contributed by atoms with van der Waals surface area (Å²) in [5.41, 5.74) is 5.86. The third kappa shape index (κ3) is 4.03. The molecule has 1 saturated carbocycles. The highest BCUT2D eigenvalue weighted by Gasteiger charge is 2.18. The lowest BCUT2D eigenvalue weighted by Crippen LogP contribution is -2.28. The molecule has 1 aromatic carbocycles. The molecule has 0 bridgehead atoms. The van der Waals surface area contributed by atoms with E-state index in [2.05, 4.69) is 0 Å². The van der Waals surface area contributed by atoms with Crippen molar-refractivity contribution in [2.45, 2.75) is 31.7 Å². The van der Waals surface area contributed by atoms with Crippen LogP contribution < -0.4 is 10.5 Å². The minimum Gasteiger partial charge on any atom is -0.493 e. The minimum absolute atomic E-state index is 0. The van der Waals surface area contributed by atoms with Gasteiger partial charge in [0.25, 0.3) is 0 Å². The summed E-state index contributed by atoms with van der Waals surface area (Å²) in [6, 6.07) is 10.5. The lowest BCUT2D eigenvalue weighted by molar-refractivity contribution is 0.200. The molecule has 1 aliphatic rings. The molecule has 1 aliphatic carbocycles. The zero-order valence-corrected chi connectivity index (χ0v) is 10.3. The Balaban J connectivity index is 0.00000128. The first-order chi connectivity index (χ1) is 7.34. The van der Waals surface area contributed by atoms with Gasteiger partial charge in [0.05, 0.1) is 6.61 Å². The zero-order valence-electron chi connectivity index (χ0n) is 9.47. The SMILES string of the molecule is Cl.N[C@H]1CC[C@@H](COc2ccccc2)CC1. The van der Waals surface area contributed by atoms with E-state index in [1.165, 1.54) is 12.8 Å². The Kier molecular flexibility index (Phi) is 5.64. The Morgan fingerprint density at radius 3 is 2.31 bits per heavy atom. The first-order valence-corrected chi connectivity index (χ1v) is 5.78. The number of ether oxygens (including phenoxy) is 1. The number of hydrogen-bond acceptors (Lipinski definition) is 2. The van der Waals surface area contributed by atoms with Crippen molar-refractivity contribution in [3.05, 3.63) is 30.3 Å². The van der Waals surface area contributed by atoms with Crippen LogP contribution in [-0.4, -0.2) is 12.6 Å². The van der Waals surface area contributed by atoms with E-state index >= 15 is 0 Å². The van der Waals surface area contributed by atoms with Gasteiger partial charge >= 0.3 is 0 Å². The molecular formula is C13H20ClNO. The van der Waals surface area contributed by atoms with Crippen molar-refractivity contribution in [1.29, 1.82) is 0 Å². The van der Waals surface area contributed by atoms with Gasteiger partial charge in [-0.25, -0.2) is 0 Å². The molecule has 0 spiro atoms. The number of benzene rings is 1. The Labute approximate surface area is 104 Å². The molecule has 0 heterocycles. The fraction of sp³-hybridized carbons (Fsp3) is 0.538. The van der Waals surface area contributed by atoms with Gasteiger partial charge in [-0.2, -0.15) is 0 Å². The molecule has 2 nitrogen and oxygen atoms in total. The predicted molar refractivity (Wildman–Crippen MR) is 69.1 cm³/mol. The average Bonchev–Trinajstić information content (AvgIpc) is 2.30. The first kappa shape index (κ1) is 13.3. The summed E-state index contributed by atoms with van der Waals surface area (Å²) in [4.78, 5) is 0. The second-order valence-corrected chi connectivity index (χ2v) is 4.40. The summed E-state index contributed by atoms with van der Waals surface area (Å²) in [5.74, 6) is 1.68. The van der Waals surface area contributed by atoms with Gasteiger partial charge in [0.1, 0.15) is 5.75 Å². The third-order valence-corrected chi connectivity index (χ3v) is 3.12. The highest BCUT2D eigenvalue weighted by molar-refractivity contribution is 5.85. The summed E-state index contributed by atoms with van der Waals surface area (Å²) in [7, 11) is 0. The van der Waals surface area contributed by atoms with Crippen LogP contribution in [0.25, 0.3) is 0 Å². The van der Waals surface area contributed by atoms with Crippen molar-refractivity contribution in [3.8, 4) is 5.75 Å². The summed E-state index contributed by atoms with van der Waals surface area (Å²) in [6.07, 6.45) is 4.74. The van der Waals surface area contributed by atoms with E-state index in [9.17, 15) is 0 Å². The molecule has 1 fully saturated rings. The summed E-state index contributed by atoms with van der Waals surface area (Å²) < 4.78 is 5.74. The highest BCUT2D eigenvalue weighted by atomic mass is 35.5. The first-order valence-electron chi connectivity index (χ1n) is 5.78.